The molecule has 0 bridgehead atoms. The maximum Gasteiger partial charge on any atom is 0.157 e. The zero-order valence-corrected chi connectivity index (χ0v) is 16.1. The van der Waals surface area contributed by atoms with Gasteiger partial charge < -0.3 is 5.32 Å². The number of anilines is 1. The summed E-state index contributed by atoms with van der Waals surface area (Å²) >= 11 is 0. The Balaban J connectivity index is 1.78. The van der Waals surface area contributed by atoms with Gasteiger partial charge in [-0.1, -0.05) is 30.2 Å². The van der Waals surface area contributed by atoms with Gasteiger partial charge in [-0.2, -0.15) is 0 Å². The highest BCUT2D eigenvalue weighted by Gasteiger charge is 2.20. The molecule has 1 N–H and O–H groups in total. The number of imidazole rings is 1. The molecule has 5 nitrogen and oxygen atoms in total. The second-order valence-corrected chi connectivity index (χ2v) is 7.51. The molecule has 28 heavy (non-hydrogen) atoms. The predicted octanol–water partition coefficient (Wildman–Crippen LogP) is 4.40. The van der Waals surface area contributed by atoms with Gasteiger partial charge in [-0.3, -0.25) is 9.38 Å². The second-order valence-electron chi connectivity index (χ2n) is 7.51. The summed E-state index contributed by atoms with van der Waals surface area (Å²) in [5.41, 5.74) is 3.87. The summed E-state index contributed by atoms with van der Waals surface area (Å²) in [6, 6.07) is 15.7. The molecule has 3 heterocycles. The average Bonchev–Trinajstić information content (AvgIpc) is 3.04. The number of nitrogens with zero attached hydrogens (tertiary/aromatic N) is 4. The van der Waals surface area contributed by atoms with Crippen LogP contribution in [0.5, 0.6) is 0 Å². The molecule has 1 aromatic carbocycles. The van der Waals surface area contributed by atoms with Crippen LogP contribution in [-0.4, -0.2) is 24.9 Å². The Labute approximate surface area is 164 Å². The largest absolute Gasteiger partial charge is 0.365 e. The fourth-order valence-electron chi connectivity index (χ4n) is 2.85. The van der Waals surface area contributed by atoms with Gasteiger partial charge in [0.15, 0.2) is 5.65 Å². The van der Waals surface area contributed by atoms with Gasteiger partial charge in [0.1, 0.15) is 17.2 Å². The molecule has 4 aromatic rings. The third-order valence-corrected chi connectivity index (χ3v) is 4.02. The third-order valence-electron chi connectivity index (χ3n) is 4.02. The van der Waals surface area contributed by atoms with Crippen LogP contribution in [0.25, 0.3) is 17.0 Å². The molecule has 3 aromatic heterocycles. The van der Waals surface area contributed by atoms with E-state index in [9.17, 15) is 0 Å². The third kappa shape index (κ3) is 3.86. The van der Waals surface area contributed by atoms with Crippen molar-refractivity contribution in [3.63, 3.8) is 0 Å². The number of benzene rings is 1. The van der Waals surface area contributed by atoms with Gasteiger partial charge in [0.2, 0.25) is 0 Å². The minimum Gasteiger partial charge on any atom is -0.365 e. The van der Waals surface area contributed by atoms with E-state index in [1.165, 1.54) is 0 Å². The maximum absolute atomic E-state index is 4.75. The Bertz CT molecular complexity index is 1170. The lowest BCUT2D eigenvalue weighted by Gasteiger charge is -2.22. The number of rotatable bonds is 2. The lowest BCUT2D eigenvalue weighted by molar-refractivity contribution is 0.629. The monoisotopic (exact) mass is 367 g/mol. The van der Waals surface area contributed by atoms with Gasteiger partial charge in [-0.05, 0) is 51.0 Å². The first-order valence-corrected chi connectivity index (χ1v) is 9.14. The Morgan fingerprint density at radius 3 is 2.54 bits per heavy atom. The van der Waals surface area contributed by atoms with Crippen LogP contribution in [0.3, 0.4) is 0 Å². The van der Waals surface area contributed by atoms with Crippen molar-refractivity contribution in [2.24, 2.45) is 0 Å². The molecule has 0 unspecified atom stereocenters. The van der Waals surface area contributed by atoms with E-state index in [0.29, 0.717) is 5.69 Å². The van der Waals surface area contributed by atoms with Crippen LogP contribution in [0.2, 0.25) is 0 Å². The van der Waals surface area contributed by atoms with E-state index in [1.807, 2.05) is 59.1 Å². The van der Waals surface area contributed by atoms with Crippen LogP contribution < -0.4 is 5.32 Å². The van der Waals surface area contributed by atoms with E-state index in [4.69, 9.17) is 9.97 Å². The first-order chi connectivity index (χ1) is 13.5. The molecule has 0 saturated heterocycles. The number of hydrogen-bond acceptors (Lipinski definition) is 4. The minimum atomic E-state index is -0.126. The summed E-state index contributed by atoms with van der Waals surface area (Å²) in [6.45, 7) is 6.35. The second kappa shape index (κ2) is 7.16. The molecule has 0 aliphatic heterocycles. The Hall–Kier alpha value is -3.65. The number of fused-ring (bicyclic) bond motifs is 1. The zero-order valence-electron chi connectivity index (χ0n) is 16.1. The molecule has 0 atom stereocenters. The SMILES string of the molecule is CC(C)(C)Nc1c(-c2cccc(C#Cc3ccccc3)n2)nc2cnccn12. The van der Waals surface area contributed by atoms with E-state index in [2.05, 4.69) is 42.9 Å². The first kappa shape index (κ1) is 17.7. The summed E-state index contributed by atoms with van der Waals surface area (Å²) in [6.07, 6.45) is 5.40. The quantitative estimate of drug-likeness (QED) is 0.534. The molecule has 0 aliphatic carbocycles. The van der Waals surface area contributed by atoms with Crippen molar-refractivity contribution in [3.8, 4) is 23.2 Å². The van der Waals surface area contributed by atoms with Crippen molar-refractivity contribution in [3.05, 3.63) is 78.4 Å². The van der Waals surface area contributed by atoms with E-state index in [-0.39, 0.29) is 5.54 Å². The number of pyridine rings is 1. The maximum atomic E-state index is 4.75. The smallest absolute Gasteiger partial charge is 0.157 e. The molecule has 138 valence electrons. The molecule has 0 radical (unpaired) electrons. The van der Waals surface area contributed by atoms with Crippen molar-refractivity contribution in [1.82, 2.24) is 19.4 Å². The molecule has 0 spiro atoms. The van der Waals surface area contributed by atoms with Crippen LogP contribution in [0.15, 0.2) is 67.1 Å². The number of nitrogens with one attached hydrogen (secondary N) is 1. The summed E-state index contributed by atoms with van der Waals surface area (Å²) in [4.78, 5) is 13.7. The molecule has 4 rings (SSSR count). The normalized spacial score (nSPS) is 11.1. The average molecular weight is 367 g/mol. The number of hydrogen-bond donors (Lipinski definition) is 1. The fourth-order valence-corrected chi connectivity index (χ4v) is 2.85. The molecule has 0 saturated carbocycles. The van der Waals surface area contributed by atoms with Gasteiger partial charge >= 0.3 is 0 Å². The van der Waals surface area contributed by atoms with Gasteiger partial charge in [0, 0.05) is 23.5 Å². The molecule has 0 aliphatic rings. The molecule has 0 fully saturated rings. The van der Waals surface area contributed by atoms with Crippen LogP contribution in [-0.2, 0) is 0 Å². The Kier molecular flexibility index (Phi) is 4.54. The standard InChI is InChI=1S/C23H21N5/c1-23(2,3)27-22-21(26-20-16-24-14-15-28(20)22)19-11-7-10-18(25-19)13-12-17-8-5-4-6-9-17/h4-11,14-16,27H,1-3H3. The van der Waals surface area contributed by atoms with Crippen molar-refractivity contribution >= 4 is 11.5 Å². The van der Waals surface area contributed by atoms with Crippen LogP contribution in [0, 0.1) is 11.8 Å². The first-order valence-electron chi connectivity index (χ1n) is 9.14. The highest BCUT2D eigenvalue weighted by atomic mass is 15.2. The van der Waals surface area contributed by atoms with Crippen LogP contribution in [0.1, 0.15) is 32.0 Å². The predicted molar refractivity (Wildman–Crippen MR) is 112 cm³/mol. The van der Waals surface area contributed by atoms with E-state index in [1.54, 1.807) is 12.4 Å². The molecule has 0 amide bonds. The Morgan fingerprint density at radius 2 is 1.75 bits per heavy atom. The fraction of sp³-hybridized carbons (Fsp3) is 0.174. The van der Waals surface area contributed by atoms with Crippen LogP contribution >= 0.6 is 0 Å². The van der Waals surface area contributed by atoms with Gasteiger partial charge in [-0.25, -0.2) is 9.97 Å². The van der Waals surface area contributed by atoms with E-state index < -0.39 is 0 Å². The highest BCUT2D eigenvalue weighted by Crippen LogP contribution is 2.29. The van der Waals surface area contributed by atoms with Gasteiger partial charge in [0.05, 0.1) is 11.9 Å². The highest BCUT2D eigenvalue weighted by molar-refractivity contribution is 5.74. The molecule has 5 heteroatoms. The Morgan fingerprint density at radius 1 is 0.929 bits per heavy atom. The van der Waals surface area contributed by atoms with Gasteiger partial charge in [-0.15, -0.1) is 0 Å². The summed E-state index contributed by atoms with van der Waals surface area (Å²) in [7, 11) is 0. The van der Waals surface area contributed by atoms with Crippen molar-refractivity contribution in [2.45, 2.75) is 26.3 Å². The molecular formula is C23H21N5. The topological polar surface area (TPSA) is 55.1 Å². The summed E-state index contributed by atoms with van der Waals surface area (Å²) in [5, 5.41) is 3.55. The van der Waals surface area contributed by atoms with Gasteiger partial charge in [0.25, 0.3) is 0 Å². The lowest BCUT2D eigenvalue weighted by Crippen LogP contribution is -2.27. The summed E-state index contributed by atoms with van der Waals surface area (Å²) < 4.78 is 2.00. The van der Waals surface area contributed by atoms with Crippen LogP contribution in [0.4, 0.5) is 5.82 Å². The van der Waals surface area contributed by atoms with E-state index >= 15 is 0 Å². The zero-order chi connectivity index (χ0) is 19.6. The minimum absolute atomic E-state index is 0.126. The summed E-state index contributed by atoms with van der Waals surface area (Å²) in [5.74, 6) is 7.19. The van der Waals surface area contributed by atoms with Crippen molar-refractivity contribution < 1.29 is 0 Å². The number of aromatic nitrogens is 4. The molecular weight excluding hydrogens is 346 g/mol. The lowest BCUT2D eigenvalue weighted by atomic mass is 10.1. The van der Waals surface area contributed by atoms with Crippen molar-refractivity contribution in [2.75, 3.05) is 5.32 Å². The van der Waals surface area contributed by atoms with Crippen molar-refractivity contribution in [1.29, 1.82) is 0 Å². The van der Waals surface area contributed by atoms with E-state index in [0.717, 1.165) is 28.4 Å².